The molecule has 0 bridgehead atoms. The van der Waals surface area contributed by atoms with Crippen LogP contribution in [0.2, 0.25) is 0 Å². The van der Waals surface area contributed by atoms with Gasteiger partial charge in [0.05, 0.1) is 0 Å². The highest BCUT2D eigenvalue weighted by atomic mass is 19.3. The van der Waals surface area contributed by atoms with Gasteiger partial charge in [-0.2, -0.15) is 0 Å². The van der Waals surface area contributed by atoms with Crippen molar-refractivity contribution >= 4 is 6.21 Å². The zero-order chi connectivity index (χ0) is 13.9. The maximum atomic E-state index is 13.5. The van der Waals surface area contributed by atoms with Crippen molar-refractivity contribution in [1.82, 2.24) is 0 Å². The predicted molar refractivity (Wildman–Crippen MR) is 73.0 cm³/mol. The molecule has 0 spiro atoms. The van der Waals surface area contributed by atoms with E-state index in [-0.39, 0.29) is 11.5 Å². The average Bonchev–Trinajstić information content (AvgIpc) is 2.29. The zero-order valence-corrected chi connectivity index (χ0v) is 11.7. The summed E-state index contributed by atoms with van der Waals surface area (Å²) in [6.45, 7) is 6.91. The van der Waals surface area contributed by atoms with E-state index in [1.54, 1.807) is 25.4 Å². The molecule has 1 nitrogen and oxygen atoms in total. The molecular formula is C15H21F2N. The molecule has 3 heteroatoms. The first kappa shape index (κ1) is 14.8. The second-order valence-corrected chi connectivity index (χ2v) is 4.88. The third-order valence-electron chi connectivity index (χ3n) is 3.33. The van der Waals surface area contributed by atoms with Crippen molar-refractivity contribution in [3.63, 3.8) is 0 Å². The van der Waals surface area contributed by atoms with Gasteiger partial charge < -0.3 is 0 Å². The van der Waals surface area contributed by atoms with Gasteiger partial charge in [-0.05, 0) is 48.1 Å². The largest absolute Gasteiger partial charge is 0.296 e. The van der Waals surface area contributed by atoms with Crippen molar-refractivity contribution in [2.45, 2.75) is 46.0 Å². The Kier molecular flexibility index (Phi) is 4.60. The molecular weight excluding hydrogens is 232 g/mol. The fourth-order valence-corrected chi connectivity index (χ4v) is 2.01. The first-order chi connectivity index (χ1) is 8.31. The van der Waals surface area contributed by atoms with E-state index in [9.17, 15) is 8.78 Å². The molecule has 0 N–H and O–H groups in total. The highest BCUT2D eigenvalue weighted by Crippen LogP contribution is 2.33. The molecule has 0 radical (unpaired) electrons. The Morgan fingerprint density at radius 2 is 2.00 bits per heavy atom. The number of nitrogens with zero attached hydrogens (tertiary/aromatic N) is 1. The van der Waals surface area contributed by atoms with Gasteiger partial charge in [0.15, 0.2) is 0 Å². The van der Waals surface area contributed by atoms with Gasteiger partial charge in [0, 0.05) is 25.7 Å². The maximum Gasteiger partial charge on any atom is 0.270 e. The molecule has 18 heavy (non-hydrogen) atoms. The van der Waals surface area contributed by atoms with Crippen LogP contribution in [0, 0.1) is 6.92 Å². The van der Waals surface area contributed by atoms with Crippen LogP contribution in [0.25, 0.3) is 0 Å². The predicted octanol–water partition coefficient (Wildman–Crippen LogP) is 4.67. The third-order valence-corrected chi connectivity index (χ3v) is 3.33. The summed E-state index contributed by atoms with van der Waals surface area (Å²) in [5.41, 5.74) is 2.87. The fraction of sp³-hybridized carbons (Fsp3) is 0.533. The van der Waals surface area contributed by atoms with E-state index in [1.165, 1.54) is 0 Å². The van der Waals surface area contributed by atoms with E-state index in [2.05, 4.69) is 18.8 Å². The molecule has 0 aromatic heterocycles. The van der Waals surface area contributed by atoms with Gasteiger partial charge in [0.2, 0.25) is 0 Å². The van der Waals surface area contributed by atoms with Crippen LogP contribution in [0.3, 0.4) is 0 Å². The van der Waals surface area contributed by atoms with E-state index in [0.717, 1.165) is 30.0 Å². The molecule has 0 saturated carbocycles. The maximum absolute atomic E-state index is 13.5. The van der Waals surface area contributed by atoms with Gasteiger partial charge in [-0.25, -0.2) is 8.78 Å². The van der Waals surface area contributed by atoms with Crippen LogP contribution in [0.1, 0.15) is 55.4 Å². The van der Waals surface area contributed by atoms with Crippen molar-refractivity contribution in [2.24, 2.45) is 4.99 Å². The molecule has 1 aromatic carbocycles. The summed E-state index contributed by atoms with van der Waals surface area (Å²) >= 11 is 0. The van der Waals surface area contributed by atoms with Crippen LogP contribution in [-0.2, 0) is 5.92 Å². The number of halogens is 2. The molecule has 0 aliphatic rings. The van der Waals surface area contributed by atoms with Gasteiger partial charge >= 0.3 is 0 Å². The lowest BCUT2D eigenvalue weighted by Gasteiger charge is -2.19. The van der Waals surface area contributed by atoms with Gasteiger partial charge in [0.1, 0.15) is 0 Å². The van der Waals surface area contributed by atoms with Crippen molar-refractivity contribution in [1.29, 1.82) is 0 Å². The summed E-state index contributed by atoms with van der Waals surface area (Å²) in [6, 6.07) is 3.18. The molecule has 1 rings (SSSR count). The van der Waals surface area contributed by atoms with Crippen molar-refractivity contribution in [3.8, 4) is 0 Å². The van der Waals surface area contributed by atoms with Gasteiger partial charge in [-0.1, -0.05) is 13.8 Å². The zero-order valence-electron chi connectivity index (χ0n) is 11.7. The summed E-state index contributed by atoms with van der Waals surface area (Å²) in [5, 5.41) is 0. The lowest BCUT2D eigenvalue weighted by Crippen LogP contribution is -2.11. The Hall–Kier alpha value is -1.25. The summed E-state index contributed by atoms with van der Waals surface area (Å²) in [7, 11) is 1.70. The standard InChI is InChI=1S/C15H21F2N/c1-6-10(2)13-8-12(15(4,16)17)7-11(3)14(13)9-18-5/h7-10H,6H2,1-5H3/t10-/m0/s1. The monoisotopic (exact) mass is 253 g/mol. The van der Waals surface area contributed by atoms with Crippen molar-refractivity contribution in [3.05, 3.63) is 34.4 Å². The Balaban J connectivity index is 3.46. The summed E-state index contributed by atoms with van der Waals surface area (Å²) in [4.78, 5) is 4.02. The van der Waals surface area contributed by atoms with Crippen LogP contribution < -0.4 is 0 Å². The number of aliphatic imine (C=N–C) groups is 1. The average molecular weight is 253 g/mol. The molecule has 0 fully saturated rings. The van der Waals surface area contributed by atoms with Gasteiger partial charge in [-0.3, -0.25) is 4.99 Å². The molecule has 0 aliphatic heterocycles. The van der Waals surface area contributed by atoms with E-state index in [1.807, 2.05) is 6.92 Å². The van der Waals surface area contributed by atoms with E-state index >= 15 is 0 Å². The lowest BCUT2D eigenvalue weighted by molar-refractivity contribution is 0.0173. The van der Waals surface area contributed by atoms with Crippen LogP contribution in [0.4, 0.5) is 8.78 Å². The summed E-state index contributed by atoms with van der Waals surface area (Å²) in [5.74, 6) is -2.55. The normalized spacial score (nSPS) is 14.2. The summed E-state index contributed by atoms with van der Waals surface area (Å²) < 4.78 is 26.9. The van der Waals surface area contributed by atoms with Gasteiger partial charge in [-0.15, -0.1) is 0 Å². The Morgan fingerprint density at radius 1 is 1.39 bits per heavy atom. The Labute approximate surface area is 108 Å². The molecule has 100 valence electrons. The molecule has 1 aromatic rings. The highest BCUT2D eigenvalue weighted by molar-refractivity contribution is 5.84. The SMILES string of the molecule is CC[C@H](C)c1cc(C(C)(F)F)cc(C)c1C=NC. The van der Waals surface area contributed by atoms with E-state index < -0.39 is 5.92 Å². The van der Waals surface area contributed by atoms with Crippen LogP contribution in [0.5, 0.6) is 0 Å². The molecule has 0 heterocycles. The number of benzene rings is 1. The topological polar surface area (TPSA) is 12.4 Å². The van der Waals surface area contributed by atoms with E-state index in [0.29, 0.717) is 0 Å². The van der Waals surface area contributed by atoms with Crippen molar-refractivity contribution in [2.75, 3.05) is 7.05 Å². The number of hydrogen-bond donors (Lipinski definition) is 0. The second-order valence-electron chi connectivity index (χ2n) is 4.88. The molecule has 0 unspecified atom stereocenters. The fourth-order valence-electron chi connectivity index (χ4n) is 2.01. The van der Waals surface area contributed by atoms with Crippen LogP contribution >= 0.6 is 0 Å². The third kappa shape index (κ3) is 3.15. The first-order valence-corrected chi connectivity index (χ1v) is 6.26. The number of rotatable bonds is 4. The lowest BCUT2D eigenvalue weighted by atomic mass is 9.88. The van der Waals surface area contributed by atoms with E-state index in [4.69, 9.17) is 0 Å². The number of alkyl halides is 2. The molecule has 1 atom stereocenters. The summed E-state index contributed by atoms with van der Waals surface area (Å²) in [6.07, 6.45) is 2.68. The smallest absolute Gasteiger partial charge is 0.270 e. The second kappa shape index (κ2) is 5.59. The molecule has 0 aliphatic carbocycles. The van der Waals surface area contributed by atoms with Crippen LogP contribution in [-0.4, -0.2) is 13.3 Å². The first-order valence-electron chi connectivity index (χ1n) is 6.26. The highest BCUT2D eigenvalue weighted by Gasteiger charge is 2.26. The van der Waals surface area contributed by atoms with Gasteiger partial charge in [0.25, 0.3) is 5.92 Å². The minimum absolute atomic E-state index is 0.0866. The Bertz CT molecular complexity index is 445. The quantitative estimate of drug-likeness (QED) is 0.691. The minimum Gasteiger partial charge on any atom is -0.296 e. The van der Waals surface area contributed by atoms with Crippen LogP contribution in [0.15, 0.2) is 17.1 Å². The van der Waals surface area contributed by atoms with Crippen molar-refractivity contribution < 1.29 is 8.78 Å². The molecule has 0 amide bonds. The Morgan fingerprint density at radius 3 is 2.44 bits per heavy atom. The molecule has 0 saturated heterocycles. The minimum atomic E-state index is -2.80. The number of aryl methyl sites for hydroxylation is 1. The number of hydrogen-bond acceptors (Lipinski definition) is 1.